The Kier molecular flexibility index (Phi) is 6.61. The van der Waals surface area contributed by atoms with Crippen molar-refractivity contribution in [3.8, 4) is 11.4 Å². The monoisotopic (exact) mass is 490 g/mol. The van der Waals surface area contributed by atoms with Crippen molar-refractivity contribution in [1.29, 1.82) is 0 Å². The van der Waals surface area contributed by atoms with Crippen LogP contribution in [0, 0.1) is 13.8 Å². The van der Waals surface area contributed by atoms with E-state index < -0.39 is 15.9 Å². The topological polar surface area (TPSA) is 93.5 Å². The summed E-state index contributed by atoms with van der Waals surface area (Å²) < 4.78 is 34.4. The molecule has 0 aliphatic heterocycles. The predicted molar refractivity (Wildman–Crippen MR) is 136 cm³/mol. The van der Waals surface area contributed by atoms with Gasteiger partial charge in [0.25, 0.3) is 15.9 Å². The molecule has 35 heavy (non-hydrogen) atoms. The third kappa shape index (κ3) is 5.04. The lowest BCUT2D eigenvalue weighted by atomic mass is 10.2. The van der Waals surface area contributed by atoms with Gasteiger partial charge < -0.3 is 10.1 Å². The Balaban J connectivity index is 1.59. The molecular weight excluding hydrogens is 464 g/mol. The Bertz CT molecular complexity index is 1460. The lowest BCUT2D eigenvalue weighted by molar-refractivity contribution is 0.102. The van der Waals surface area contributed by atoms with Crippen LogP contribution in [0.2, 0.25) is 0 Å². The Morgan fingerprint density at radius 1 is 0.971 bits per heavy atom. The first-order chi connectivity index (χ1) is 16.7. The second-order valence-electron chi connectivity index (χ2n) is 8.07. The number of benzene rings is 3. The number of aromatic nitrogens is 2. The number of nitrogens with one attached hydrogen (secondary N) is 1. The Hall–Kier alpha value is -4.11. The van der Waals surface area contributed by atoms with Crippen molar-refractivity contribution in [3.05, 3.63) is 95.7 Å². The van der Waals surface area contributed by atoms with Gasteiger partial charge in [0.05, 0.1) is 29.1 Å². The number of hydrogen-bond acceptors (Lipinski definition) is 5. The van der Waals surface area contributed by atoms with Gasteiger partial charge >= 0.3 is 0 Å². The quantitative estimate of drug-likeness (QED) is 0.409. The fourth-order valence-electron chi connectivity index (χ4n) is 3.55. The fraction of sp³-hybridized carbons (Fsp3) is 0.154. The van der Waals surface area contributed by atoms with Crippen molar-refractivity contribution >= 4 is 27.4 Å². The van der Waals surface area contributed by atoms with Gasteiger partial charge in [-0.2, -0.15) is 5.10 Å². The van der Waals surface area contributed by atoms with E-state index in [0.29, 0.717) is 17.3 Å². The number of rotatable bonds is 7. The van der Waals surface area contributed by atoms with Crippen LogP contribution in [0.15, 0.2) is 83.8 Å². The summed E-state index contributed by atoms with van der Waals surface area (Å²) in [6.07, 6.45) is 0. The molecule has 1 aromatic heterocycles. The molecule has 9 heteroatoms. The highest BCUT2D eigenvalue weighted by molar-refractivity contribution is 7.92. The van der Waals surface area contributed by atoms with Crippen molar-refractivity contribution < 1.29 is 17.9 Å². The minimum Gasteiger partial charge on any atom is -0.497 e. The van der Waals surface area contributed by atoms with Crippen molar-refractivity contribution in [2.24, 2.45) is 0 Å². The molecule has 0 aliphatic carbocycles. The molecule has 180 valence electrons. The summed E-state index contributed by atoms with van der Waals surface area (Å²) in [6.45, 7) is 3.83. The smallest absolute Gasteiger partial charge is 0.264 e. The molecule has 1 heterocycles. The Morgan fingerprint density at radius 3 is 2.31 bits per heavy atom. The van der Waals surface area contributed by atoms with E-state index in [0.717, 1.165) is 16.9 Å². The molecule has 0 spiro atoms. The summed E-state index contributed by atoms with van der Waals surface area (Å²) in [6, 6.07) is 22.1. The zero-order chi connectivity index (χ0) is 25.2. The first-order valence-corrected chi connectivity index (χ1v) is 12.3. The van der Waals surface area contributed by atoms with Crippen LogP contribution in [0.5, 0.6) is 5.75 Å². The largest absolute Gasteiger partial charge is 0.497 e. The van der Waals surface area contributed by atoms with Crippen LogP contribution in [0.25, 0.3) is 5.69 Å². The average molecular weight is 491 g/mol. The number of methoxy groups -OCH3 is 1. The summed E-state index contributed by atoms with van der Waals surface area (Å²) in [5.41, 5.74) is 3.33. The molecular formula is C26H26N4O4S. The van der Waals surface area contributed by atoms with E-state index in [2.05, 4.69) is 10.4 Å². The first kappa shape index (κ1) is 24.0. The average Bonchev–Trinajstić information content (AvgIpc) is 3.23. The molecule has 1 amide bonds. The van der Waals surface area contributed by atoms with Crippen molar-refractivity contribution in [3.63, 3.8) is 0 Å². The number of amides is 1. The zero-order valence-electron chi connectivity index (χ0n) is 19.9. The van der Waals surface area contributed by atoms with Gasteiger partial charge in [-0.1, -0.05) is 23.8 Å². The molecule has 0 atom stereocenters. The lowest BCUT2D eigenvalue weighted by Crippen LogP contribution is -2.27. The van der Waals surface area contributed by atoms with E-state index in [1.807, 2.05) is 38.1 Å². The molecule has 0 radical (unpaired) electrons. The fourth-order valence-corrected chi connectivity index (χ4v) is 4.79. The van der Waals surface area contributed by atoms with Crippen molar-refractivity contribution in [2.45, 2.75) is 18.7 Å². The number of aryl methyl sites for hydroxylation is 2. The molecule has 4 rings (SSSR count). The van der Waals surface area contributed by atoms with Crippen LogP contribution in [0.3, 0.4) is 0 Å². The van der Waals surface area contributed by atoms with E-state index >= 15 is 0 Å². The molecule has 8 nitrogen and oxygen atoms in total. The van der Waals surface area contributed by atoms with Gasteiger partial charge in [0.2, 0.25) is 0 Å². The van der Waals surface area contributed by atoms with E-state index in [4.69, 9.17) is 4.74 Å². The van der Waals surface area contributed by atoms with Gasteiger partial charge in [0.15, 0.2) is 0 Å². The number of nitrogens with zero attached hydrogens (tertiary/aromatic N) is 3. The van der Waals surface area contributed by atoms with Crippen LogP contribution in [0.1, 0.15) is 21.6 Å². The van der Waals surface area contributed by atoms with Crippen molar-refractivity contribution in [2.75, 3.05) is 23.8 Å². The summed E-state index contributed by atoms with van der Waals surface area (Å²) in [5.74, 6) is 0.667. The van der Waals surface area contributed by atoms with Gasteiger partial charge in [0, 0.05) is 18.7 Å². The highest BCUT2D eigenvalue weighted by Crippen LogP contribution is 2.25. The van der Waals surface area contributed by atoms with Gasteiger partial charge in [0.1, 0.15) is 11.6 Å². The van der Waals surface area contributed by atoms with Gasteiger partial charge in [-0.3, -0.25) is 9.10 Å². The second kappa shape index (κ2) is 9.63. The maximum atomic E-state index is 13.2. The normalized spacial score (nSPS) is 11.2. The summed E-state index contributed by atoms with van der Waals surface area (Å²) in [4.78, 5) is 13.1. The van der Waals surface area contributed by atoms with Crippen LogP contribution in [0.4, 0.5) is 11.5 Å². The van der Waals surface area contributed by atoms with Crippen LogP contribution >= 0.6 is 0 Å². The molecule has 0 saturated heterocycles. The van der Waals surface area contributed by atoms with E-state index in [1.165, 1.54) is 23.5 Å². The molecule has 0 fully saturated rings. The summed E-state index contributed by atoms with van der Waals surface area (Å²) in [7, 11) is -0.889. The molecule has 0 aliphatic rings. The number of anilines is 2. The standard InChI is InChI=1S/C26H26N4O4S/c1-18-8-10-22(11-9-18)30-25(16-19(2)28-30)27-26(31)20-6-5-7-24(17-20)35(32,33)29(3)21-12-14-23(34-4)15-13-21/h5-17H,1-4H3,(H,27,31). The molecule has 3 aromatic carbocycles. The maximum absolute atomic E-state index is 13.2. The van der Waals surface area contributed by atoms with E-state index in [9.17, 15) is 13.2 Å². The minimum absolute atomic E-state index is 0.00620. The lowest BCUT2D eigenvalue weighted by Gasteiger charge is -2.20. The highest BCUT2D eigenvalue weighted by Gasteiger charge is 2.23. The second-order valence-corrected chi connectivity index (χ2v) is 10.0. The van der Waals surface area contributed by atoms with Crippen molar-refractivity contribution in [1.82, 2.24) is 9.78 Å². The van der Waals surface area contributed by atoms with Gasteiger partial charge in [-0.25, -0.2) is 13.1 Å². The number of carbonyl (C=O) groups excluding carboxylic acids is 1. The van der Waals surface area contributed by atoms with E-state index in [1.54, 1.807) is 54.3 Å². The summed E-state index contributed by atoms with van der Waals surface area (Å²) in [5, 5.41) is 7.33. The number of hydrogen-bond donors (Lipinski definition) is 1. The number of carbonyl (C=O) groups is 1. The van der Waals surface area contributed by atoms with Crippen LogP contribution in [-0.2, 0) is 10.0 Å². The van der Waals surface area contributed by atoms with E-state index in [-0.39, 0.29) is 10.5 Å². The first-order valence-electron chi connectivity index (χ1n) is 10.9. The van der Waals surface area contributed by atoms with Crippen LogP contribution < -0.4 is 14.4 Å². The third-order valence-corrected chi connectivity index (χ3v) is 7.32. The molecule has 4 aromatic rings. The molecule has 0 saturated carbocycles. The SMILES string of the molecule is COc1ccc(N(C)S(=O)(=O)c2cccc(C(=O)Nc3cc(C)nn3-c3ccc(C)cc3)c2)cc1. The third-order valence-electron chi connectivity index (χ3n) is 5.54. The predicted octanol–water partition coefficient (Wildman–Crippen LogP) is 4.58. The molecule has 0 unspecified atom stereocenters. The molecule has 1 N–H and O–H groups in total. The Labute approximate surface area is 204 Å². The molecule has 0 bridgehead atoms. The maximum Gasteiger partial charge on any atom is 0.264 e. The van der Waals surface area contributed by atoms with Gasteiger partial charge in [-0.05, 0) is 68.4 Å². The summed E-state index contributed by atoms with van der Waals surface area (Å²) >= 11 is 0. The minimum atomic E-state index is -3.90. The Morgan fingerprint density at radius 2 is 1.66 bits per heavy atom. The highest BCUT2D eigenvalue weighted by atomic mass is 32.2. The zero-order valence-corrected chi connectivity index (χ0v) is 20.7. The van der Waals surface area contributed by atoms with Crippen LogP contribution in [-0.4, -0.2) is 38.3 Å². The number of sulfonamides is 1. The number of ether oxygens (including phenoxy) is 1. The van der Waals surface area contributed by atoms with Gasteiger partial charge in [-0.15, -0.1) is 0 Å².